The predicted molar refractivity (Wildman–Crippen MR) is 90.2 cm³/mol. The van der Waals surface area contributed by atoms with E-state index in [1.165, 1.54) is 0 Å². The van der Waals surface area contributed by atoms with Gasteiger partial charge in [0.1, 0.15) is 0 Å². The van der Waals surface area contributed by atoms with E-state index in [1.54, 1.807) is 0 Å². The Kier molecular flexibility index (Phi) is 6.27. The van der Waals surface area contributed by atoms with Crippen molar-refractivity contribution in [3.8, 4) is 0 Å². The molecule has 2 N–H and O–H groups in total. The molecular formula is C17H11F6NO3S. The van der Waals surface area contributed by atoms with Crippen LogP contribution in [0.2, 0.25) is 0 Å². The number of amides is 1. The molecule has 0 atom stereocenters. The van der Waals surface area contributed by atoms with Crippen LogP contribution >= 0.6 is 11.8 Å². The van der Waals surface area contributed by atoms with Gasteiger partial charge in [-0.1, -0.05) is 23.9 Å². The van der Waals surface area contributed by atoms with Crippen LogP contribution in [0.15, 0.2) is 42.5 Å². The van der Waals surface area contributed by atoms with Gasteiger partial charge in [0.05, 0.1) is 22.4 Å². The van der Waals surface area contributed by atoms with E-state index in [0.717, 1.165) is 30.3 Å². The van der Waals surface area contributed by atoms with E-state index < -0.39 is 45.9 Å². The van der Waals surface area contributed by atoms with Crippen molar-refractivity contribution in [3.05, 3.63) is 64.7 Å². The Labute approximate surface area is 158 Å². The maximum atomic E-state index is 12.8. The lowest BCUT2D eigenvalue weighted by atomic mass is 10.1. The Morgan fingerprint density at radius 2 is 1.43 bits per heavy atom. The first-order valence-electron chi connectivity index (χ1n) is 7.42. The average molecular weight is 423 g/mol. The van der Waals surface area contributed by atoms with Gasteiger partial charge in [0.2, 0.25) is 0 Å². The van der Waals surface area contributed by atoms with Crippen LogP contribution in [0, 0.1) is 0 Å². The fourth-order valence-electron chi connectivity index (χ4n) is 2.10. The van der Waals surface area contributed by atoms with Crippen molar-refractivity contribution in [2.75, 3.05) is 5.32 Å². The van der Waals surface area contributed by atoms with E-state index in [0.29, 0.717) is 29.5 Å². The first kappa shape index (κ1) is 21.6. The van der Waals surface area contributed by atoms with Crippen molar-refractivity contribution < 1.29 is 41.0 Å². The molecule has 28 heavy (non-hydrogen) atoms. The number of hydrogen-bond acceptors (Lipinski definition) is 3. The van der Waals surface area contributed by atoms with E-state index >= 15 is 0 Å². The van der Waals surface area contributed by atoms with Crippen molar-refractivity contribution in [1.82, 2.24) is 0 Å². The number of halogens is 6. The first-order chi connectivity index (χ1) is 12.9. The molecule has 0 aliphatic heterocycles. The lowest BCUT2D eigenvalue weighted by molar-refractivity contribution is -0.138. The topological polar surface area (TPSA) is 66.4 Å². The molecule has 2 rings (SSSR count). The van der Waals surface area contributed by atoms with Crippen LogP contribution in [0.4, 0.5) is 36.8 Å². The minimum absolute atomic E-state index is 0.0642. The Balaban J connectivity index is 2.09. The Morgan fingerprint density at radius 1 is 0.893 bits per heavy atom. The van der Waals surface area contributed by atoms with Gasteiger partial charge in [0.25, 0.3) is 5.24 Å². The molecule has 0 aliphatic rings. The highest BCUT2D eigenvalue weighted by Crippen LogP contribution is 2.33. The van der Waals surface area contributed by atoms with Crippen LogP contribution in [-0.2, 0) is 18.1 Å². The van der Waals surface area contributed by atoms with Crippen molar-refractivity contribution in [2.24, 2.45) is 0 Å². The molecule has 0 unspecified atom stereocenters. The second kappa shape index (κ2) is 8.13. The molecule has 0 bridgehead atoms. The van der Waals surface area contributed by atoms with E-state index in [-0.39, 0.29) is 5.75 Å². The van der Waals surface area contributed by atoms with E-state index in [4.69, 9.17) is 5.11 Å². The summed E-state index contributed by atoms with van der Waals surface area (Å²) in [7, 11) is 0. The molecule has 150 valence electrons. The van der Waals surface area contributed by atoms with Gasteiger partial charge in [0.15, 0.2) is 0 Å². The molecule has 1 amide bonds. The standard InChI is InChI=1S/C17H11F6NO3S/c18-16(19,20)10-3-1-9(2-4-10)8-28-15(27)24-13-7-11(17(21,22)23)5-6-12(13)14(25)26/h1-7H,8H2,(H,24,27)(H,25,26). The summed E-state index contributed by atoms with van der Waals surface area (Å²) in [5, 5.41) is 10.3. The Bertz CT molecular complexity index is 878. The molecule has 0 spiro atoms. The second-order valence-corrected chi connectivity index (χ2v) is 6.41. The maximum absolute atomic E-state index is 12.8. The van der Waals surface area contributed by atoms with Crippen molar-refractivity contribution >= 4 is 28.7 Å². The zero-order valence-corrected chi connectivity index (χ0v) is 14.5. The summed E-state index contributed by atoms with van der Waals surface area (Å²) in [4.78, 5) is 23.1. The van der Waals surface area contributed by atoms with E-state index in [1.807, 2.05) is 0 Å². The SMILES string of the molecule is O=C(Nc1cc(C(F)(F)F)ccc1C(=O)O)SCc1ccc(C(F)(F)F)cc1. The molecular weight excluding hydrogens is 412 g/mol. The van der Waals surface area contributed by atoms with E-state index in [2.05, 4.69) is 5.32 Å². The highest BCUT2D eigenvalue weighted by atomic mass is 32.2. The third kappa shape index (κ3) is 5.65. The number of carbonyl (C=O) groups is 2. The van der Waals surface area contributed by atoms with Gasteiger partial charge >= 0.3 is 18.3 Å². The third-order valence-electron chi connectivity index (χ3n) is 3.47. The zero-order chi connectivity index (χ0) is 21.1. The number of aromatic carboxylic acids is 1. The van der Waals surface area contributed by atoms with Crippen molar-refractivity contribution in [2.45, 2.75) is 18.1 Å². The highest BCUT2D eigenvalue weighted by Gasteiger charge is 2.32. The van der Waals surface area contributed by atoms with Gasteiger partial charge in [-0.3, -0.25) is 4.79 Å². The normalized spacial score (nSPS) is 11.9. The summed E-state index contributed by atoms with van der Waals surface area (Å²) < 4.78 is 75.8. The number of alkyl halides is 6. The number of carboxylic acids is 1. The van der Waals surface area contributed by atoms with Crippen LogP contribution in [0.25, 0.3) is 0 Å². The number of rotatable bonds is 4. The van der Waals surface area contributed by atoms with Crippen LogP contribution in [0.3, 0.4) is 0 Å². The fraction of sp³-hybridized carbons (Fsp3) is 0.176. The Hall–Kier alpha value is -2.69. The molecule has 0 heterocycles. The highest BCUT2D eigenvalue weighted by molar-refractivity contribution is 8.13. The minimum atomic E-state index is -4.73. The van der Waals surface area contributed by atoms with Crippen molar-refractivity contribution in [3.63, 3.8) is 0 Å². The lowest BCUT2D eigenvalue weighted by Gasteiger charge is -2.12. The number of nitrogens with one attached hydrogen (secondary N) is 1. The maximum Gasteiger partial charge on any atom is 0.416 e. The molecule has 4 nitrogen and oxygen atoms in total. The third-order valence-corrected chi connectivity index (χ3v) is 4.31. The minimum Gasteiger partial charge on any atom is -0.478 e. The molecule has 0 aromatic heterocycles. The summed E-state index contributed by atoms with van der Waals surface area (Å²) in [6, 6.07) is 5.80. The second-order valence-electron chi connectivity index (χ2n) is 5.46. The Morgan fingerprint density at radius 3 is 1.93 bits per heavy atom. The van der Waals surface area contributed by atoms with Crippen LogP contribution in [0.5, 0.6) is 0 Å². The van der Waals surface area contributed by atoms with Gasteiger partial charge in [-0.15, -0.1) is 0 Å². The van der Waals surface area contributed by atoms with Gasteiger partial charge in [-0.2, -0.15) is 26.3 Å². The molecule has 0 radical (unpaired) electrons. The molecule has 0 fully saturated rings. The van der Waals surface area contributed by atoms with E-state index in [9.17, 15) is 35.9 Å². The van der Waals surface area contributed by atoms with Gasteiger partial charge < -0.3 is 10.4 Å². The number of hydrogen-bond donors (Lipinski definition) is 2. The lowest BCUT2D eigenvalue weighted by Crippen LogP contribution is -2.13. The monoisotopic (exact) mass is 423 g/mol. The summed E-state index contributed by atoms with van der Waals surface area (Å²) in [5.74, 6) is -1.59. The average Bonchev–Trinajstić information content (AvgIpc) is 2.58. The number of anilines is 1. The number of carbonyl (C=O) groups excluding carboxylic acids is 1. The largest absolute Gasteiger partial charge is 0.478 e. The molecule has 2 aromatic carbocycles. The predicted octanol–water partition coefficient (Wildman–Crippen LogP) is 5.89. The molecule has 0 aliphatic carbocycles. The fourth-order valence-corrected chi connectivity index (χ4v) is 2.77. The summed E-state index contributed by atoms with van der Waals surface area (Å²) in [5.41, 5.74) is -2.69. The zero-order valence-electron chi connectivity index (χ0n) is 13.7. The first-order valence-corrected chi connectivity index (χ1v) is 8.41. The smallest absolute Gasteiger partial charge is 0.416 e. The number of thioether (sulfide) groups is 1. The molecule has 11 heteroatoms. The summed E-state index contributed by atoms with van der Waals surface area (Å²) in [6.07, 6.45) is -9.23. The van der Waals surface area contributed by atoms with Gasteiger partial charge in [-0.05, 0) is 35.9 Å². The van der Waals surface area contributed by atoms with Crippen LogP contribution in [0.1, 0.15) is 27.0 Å². The number of carboxylic acid groups (broad SMARTS) is 1. The summed E-state index contributed by atoms with van der Waals surface area (Å²) in [6.45, 7) is 0. The van der Waals surface area contributed by atoms with Gasteiger partial charge in [0, 0.05) is 5.75 Å². The quantitative estimate of drug-likeness (QED) is 0.602. The van der Waals surface area contributed by atoms with Crippen LogP contribution < -0.4 is 5.32 Å². The molecule has 0 saturated carbocycles. The molecule has 2 aromatic rings. The number of benzene rings is 2. The molecule has 0 saturated heterocycles. The summed E-state index contributed by atoms with van der Waals surface area (Å²) >= 11 is 0.566. The van der Waals surface area contributed by atoms with Gasteiger partial charge in [-0.25, -0.2) is 4.79 Å². The van der Waals surface area contributed by atoms with Crippen molar-refractivity contribution in [1.29, 1.82) is 0 Å². The van der Waals surface area contributed by atoms with Crippen LogP contribution in [-0.4, -0.2) is 16.3 Å².